The Labute approximate surface area is 186 Å². The van der Waals surface area contributed by atoms with Crippen molar-refractivity contribution in [3.05, 3.63) is 83.7 Å². The number of rotatable bonds is 8. The van der Waals surface area contributed by atoms with E-state index in [0.717, 1.165) is 16.7 Å². The molecule has 0 unspecified atom stereocenters. The van der Waals surface area contributed by atoms with Gasteiger partial charge >= 0.3 is 0 Å². The smallest absolute Gasteiger partial charge is 0.212 e. The summed E-state index contributed by atoms with van der Waals surface area (Å²) in [5.74, 6) is 1.48. The molecule has 0 aliphatic rings. The molecule has 0 saturated heterocycles. The van der Waals surface area contributed by atoms with Crippen molar-refractivity contribution in [1.82, 2.24) is 20.3 Å². The van der Waals surface area contributed by atoms with Crippen molar-refractivity contribution in [1.29, 1.82) is 5.41 Å². The van der Waals surface area contributed by atoms with E-state index in [1.54, 1.807) is 57.0 Å². The van der Waals surface area contributed by atoms with Gasteiger partial charge in [0.15, 0.2) is 0 Å². The molecule has 164 valence electrons. The van der Waals surface area contributed by atoms with Crippen molar-refractivity contribution >= 4 is 28.1 Å². The maximum Gasteiger partial charge on any atom is 0.212 e. The highest BCUT2D eigenvalue weighted by Crippen LogP contribution is 2.23. The second-order valence-corrected chi connectivity index (χ2v) is 6.91. The second-order valence-electron chi connectivity index (χ2n) is 6.91. The van der Waals surface area contributed by atoms with Crippen LogP contribution in [0.25, 0.3) is 16.6 Å². The Balaban J connectivity index is 1.95. The second kappa shape index (κ2) is 10.1. The van der Waals surface area contributed by atoms with Gasteiger partial charge in [0.1, 0.15) is 11.6 Å². The molecule has 0 atom stereocenters. The highest BCUT2D eigenvalue weighted by molar-refractivity contribution is 6.30. The number of nitrogens with two attached hydrogens (primary N) is 2. The van der Waals surface area contributed by atoms with Crippen molar-refractivity contribution in [2.75, 3.05) is 19.5 Å². The molecule has 7 N–H and O–H groups in total. The molecule has 3 heterocycles. The van der Waals surface area contributed by atoms with Crippen LogP contribution in [0, 0.1) is 5.41 Å². The fourth-order valence-corrected chi connectivity index (χ4v) is 2.95. The Hall–Kier alpha value is -4.40. The van der Waals surface area contributed by atoms with Crippen molar-refractivity contribution in [3.63, 3.8) is 0 Å². The number of pyridine rings is 3. The van der Waals surface area contributed by atoms with Crippen LogP contribution in [-0.2, 0) is 0 Å². The third-order valence-electron chi connectivity index (χ3n) is 4.56. The molecule has 0 aliphatic carbocycles. The van der Waals surface area contributed by atoms with Gasteiger partial charge in [0.25, 0.3) is 0 Å². The van der Waals surface area contributed by atoms with Gasteiger partial charge in [-0.25, -0.2) is 9.97 Å². The van der Waals surface area contributed by atoms with E-state index in [2.05, 4.69) is 25.6 Å². The number of ether oxygens (including phenoxy) is 1. The molecule has 3 rings (SSSR count). The van der Waals surface area contributed by atoms with E-state index in [4.69, 9.17) is 21.6 Å². The predicted octanol–water partition coefficient (Wildman–Crippen LogP) is 2.74. The van der Waals surface area contributed by atoms with Crippen LogP contribution >= 0.6 is 0 Å². The summed E-state index contributed by atoms with van der Waals surface area (Å²) in [6.45, 7) is 1.85. The first-order chi connectivity index (χ1) is 15.4. The first kappa shape index (κ1) is 22.3. The Morgan fingerprint density at radius 2 is 1.88 bits per heavy atom. The normalized spacial score (nSPS) is 12.5. The molecular formula is C23H26N8O. The van der Waals surface area contributed by atoms with Crippen LogP contribution in [0.5, 0.6) is 5.88 Å². The van der Waals surface area contributed by atoms with Gasteiger partial charge in [-0.15, -0.1) is 0 Å². The molecule has 9 nitrogen and oxygen atoms in total. The van der Waals surface area contributed by atoms with E-state index in [1.807, 2.05) is 19.1 Å². The van der Waals surface area contributed by atoms with Crippen molar-refractivity contribution < 1.29 is 4.74 Å². The van der Waals surface area contributed by atoms with E-state index >= 15 is 0 Å². The van der Waals surface area contributed by atoms with Crippen molar-refractivity contribution in [2.24, 2.45) is 11.5 Å². The predicted molar refractivity (Wildman–Crippen MR) is 128 cm³/mol. The monoisotopic (exact) mass is 430 g/mol. The zero-order valence-electron chi connectivity index (χ0n) is 18.2. The lowest BCUT2D eigenvalue weighted by molar-refractivity contribution is 0.398. The molecular weight excluding hydrogens is 404 g/mol. The quantitative estimate of drug-likeness (QED) is 0.271. The third kappa shape index (κ3) is 5.20. The summed E-state index contributed by atoms with van der Waals surface area (Å²) in [7, 11) is 3.33. The van der Waals surface area contributed by atoms with E-state index < -0.39 is 0 Å². The maximum atomic E-state index is 8.69. The molecule has 0 spiro atoms. The summed E-state index contributed by atoms with van der Waals surface area (Å²) in [6.07, 6.45) is 8.27. The Bertz CT molecular complexity index is 1210. The van der Waals surface area contributed by atoms with Crippen LogP contribution in [0.4, 0.5) is 5.82 Å². The zero-order valence-corrected chi connectivity index (χ0v) is 18.2. The molecule has 3 aromatic rings. The summed E-state index contributed by atoms with van der Waals surface area (Å²) >= 11 is 0. The van der Waals surface area contributed by atoms with Crippen LogP contribution < -0.4 is 26.8 Å². The van der Waals surface area contributed by atoms with E-state index in [-0.39, 0.29) is 0 Å². The van der Waals surface area contributed by atoms with Gasteiger partial charge in [-0.3, -0.25) is 10.4 Å². The number of hydrogen-bond donors (Lipinski definition) is 5. The fourth-order valence-electron chi connectivity index (χ4n) is 2.95. The van der Waals surface area contributed by atoms with Crippen molar-refractivity contribution in [2.45, 2.75) is 6.92 Å². The Kier molecular flexibility index (Phi) is 7.02. The standard InChI is InChI=1S/C23H26N8O/c1-14(10-24)8-20(25)31-21-6-5-18-19(30-21)9-16(12-28-18)17(13-27-2)23(26)15-4-7-22(32-3)29-11-15/h4-13,26-27H,24-25H2,1-3H3,(H,30,31)/b14-10-,17-13-,20-8+,26-23?. The first-order valence-electron chi connectivity index (χ1n) is 9.81. The fraction of sp³-hybridized carbons (Fsp3) is 0.130. The van der Waals surface area contributed by atoms with Gasteiger partial charge in [0.2, 0.25) is 5.88 Å². The summed E-state index contributed by atoms with van der Waals surface area (Å²) in [5, 5.41) is 14.7. The van der Waals surface area contributed by atoms with Crippen LogP contribution in [-0.4, -0.2) is 34.8 Å². The number of hydrogen-bond acceptors (Lipinski definition) is 9. The van der Waals surface area contributed by atoms with Gasteiger partial charge in [0.05, 0.1) is 23.9 Å². The summed E-state index contributed by atoms with van der Waals surface area (Å²) < 4.78 is 5.10. The summed E-state index contributed by atoms with van der Waals surface area (Å²) in [6, 6.07) is 9.05. The van der Waals surface area contributed by atoms with Crippen molar-refractivity contribution in [3.8, 4) is 5.88 Å². The number of aromatic nitrogens is 3. The van der Waals surface area contributed by atoms with Gasteiger partial charge in [-0.1, -0.05) is 0 Å². The summed E-state index contributed by atoms with van der Waals surface area (Å²) in [4.78, 5) is 13.3. The van der Waals surface area contributed by atoms with Crippen LogP contribution in [0.1, 0.15) is 18.1 Å². The van der Waals surface area contributed by atoms with Crippen LogP contribution in [0.15, 0.2) is 72.6 Å². The summed E-state index contributed by atoms with van der Waals surface area (Å²) in [5.41, 5.74) is 16.0. The average molecular weight is 431 g/mol. The Morgan fingerprint density at radius 3 is 2.53 bits per heavy atom. The zero-order chi connectivity index (χ0) is 23.1. The molecule has 0 fully saturated rings. The SMILES string of the molecule is CN/C=C(\C(=N)c1ccc(OC)nc1)c1cnc2ccc(N/C(N)=C/C(C)=C\N)nc2c1. The number of anilines is 1. The number of fused-ring (bicyclic) bond motifs is 1. The van der Waals surface area contributed by atoms with Gasteiger partial charge in [-0.2, -0.15) is 0 Å². The molecule has 32 heavy (non-hydrogen) atoms. The molecule has 9 heteroatoms. The number of methoxy groups -OCH3 is 1. The van der Waals surface area contributed by atoms with Gasteiger partial charge in [-0.05, 0) is 49.0 Å². The maximum absolute atomic E-state index is 8.69. The Morgan fingerprint density at radius 1 is 1.09 bits per heavy atom. The highest BCUT2D eigenvalue weighted by atomic mass is 16.5. The first-order valence-corrected chi connectivity index (χ1v) is 9.81. The minimum Gasteiger partial charge on any atom is -0.481 e. The lowest BCUT2D eigenvalue weighted by Crippen LogP contribution is -2.11. The van der Waals surface area contributed by atoms with E-state index in [9.17, 15) is 0 Å². The van der Waals surface area contributed by atoms with Crippen LogP contribution in [0.2, 0.25) is 0 Å². The van der Waals surface area contributed by atoms with Crippen LogP contribution in [0.3, 0.4) is 0 Å². The highest BCUT2D eigenvalue weighted by Gasteiger charge is 2.13. The number of nitrogens with one attached hydrogen (secondary N) is 3. The third-order valence-corrected chi connectivity index (χ3v) is 4.56. The van der Waals surface area contributed by atoms with E-state index in [1.165, 1.54) is 6.20 Å². The minimum absolute atomic E-state index is 0.293. The minimum atomic E-state index is 0.293. The lowest BCUT2D eigenvalue weighted by atomic mass is 9.98. The lowest BCUT2D eigenvalue weighted by Gasteiger charge is -2.12. The molecule has 0 amide bonds. The number of nitrogens with zero attached hydrogens (tertiary/aromatic N) is 3. The number of allylic oxidation sites excluding steroid dienone is 3. The molecule has 3 aromatic heterocycles. The van der Waals surface area contributed by atoms with Gasteiger partial charge in [0, 0.05) is 48.4 Å². The largest absolute Gasteiger partial charge is 0.481 e. The molecule has 0 bridgehead atoms. The molecule has 0 saturated carbocycles. The molecule has 0 aromatic carbocycles. The molecule has 0 radical (unpaired) electrons. The topological polar surface area (TPSA) is 148 Å². The average Bonchev–Trinajstić information content (AvgIpc) is 2.81. The molecule has 0 aliphatic heterocycles. The van der Waals surface area contributed by atoms with E-state index in [0.29, 0.717) is 39.9 Å². The van der Waals surface area contributed by atoms with Gasteiger partial charge < -0.3 is 26.8 Å².